The van der Waals surface area contributed by atoms with Crippen molar-refractivity contribution in [3.8, 4) is 22.8 Å². The van der Waals surface area contributed by atoms with Gasteiger partial charge in [-0.1, -0.05) is 37.3 Å². The van der Waals surface area contributed by atoms with Crippen molar-refractivity contribution in [1.29, 1.82) is 0 Å². The Morgan fingerprint density at radius 3 is 2.54 bits per heavy atom. The van der Waals surface area contributed by atoms with Crippen molar-refractivity contribution in [3.63, 3.8) is 0 Å². The second kappa shape index (κ2) is 11.5. The van der Waals surface area contributed by atoms with E-state index in [4.69, 9.17) is 9.47 Å². The first-order valence-corrected chi connectivity index (χ1v) is 15.2. The van der Waals surface area contributed by atoms with Crippen molar-refractivity contribution in [3.05, 3.63) is 77.0 Å². The summed E-state index contributed by atoms with van der Waals surface area (Å²) in [6.07, 6.45) is 8.31. The Morgan fingerprint density at radius 2 is 1.83 bits per heavy atom. The van der Waals surface area contributed by atoms with E-state index in [1.54, 1.807) is 7.11 Å². The Labute approximate surface area is 243 Å². The van der Waals surface area contributed by atoms with E-state index in [0.29, 0.717) is 23.9 Å². The first-order valence-electron chi connectivity index (χ1n) is 15.2. The number of pyridine rings is 1. The van der Waals surface area contributed by atoms with Crippen LogP contribution in [0.4, 0.5) is 0 Å². The first kappa shape index (κ1) is 27.8. The zero-order chi connectivity index (χ0) is 28.7. The van der Waals surface area contributed by atoms with Crippen LogP contribution in [0.2, 0.25) is 0 Å². The average Bonchev–Trinajstić information content (AvgIpc) is 3.78. The zero-order valence-corrected chi connectivity index (χ0v) is 24.7. The fourth-order valence-electron chi connectivity index (χ4n) is 7.08. The molecule has 6 heteroatoms. The molecule has 0 radical (unpaired) electrons. The van der Waals surface area contributed by atoms with Gasteiger partial charge in [-0.3, -0.25) is 9.69 Å². The number of carbonyl (C=O) groups is 1. The molecule has 1 unspecified atom stereocenters. The number of likely N-dealkylation sites (tertiary alicyclic amines) is 1. The summed E-state index contributed by atoms with van der Waals surface area (Å²) >= 11 is 0. The summed E-state index contributed by atoms with van der Waals surface area (Å²) < 4.78 is 12.1. The van der Waals surface area contributed by atoms with Gasteiger partial charge in [-0.25, -0.2) is 4.98 Å². The highest BCUT2D eigenvalue weighted by atomic mass is 16.5. The third-order valence-electron chi connectivity index (χ3n) is 9.72. The van der Waals surface area contributed by atoms with Crippen molar-refractivity contribution < 1.29 is 19.4 Å². The summed E-state index contributed by atoms with van der Waals surface area (Å²) in [6, 6.07) is 18.4. The van der Waals surface area contributed by atoms with Crippen LogP contribution in [0.25, 0.3) is 11.1 Å². The number of aliphatic carboxylic acids is 1. The second-order valence-electron chi connectivity index (χ2n) is 12.5. The van der Waals surface area contributed by atoms with Crippen LogP contribution >= 0.6 is 0 Å². The van der Waals surface area contributed by atoms with Crippen LogP contribution in [0.5, 0.6) is 11.6 Å². The van der Waals surface area contributed by atoms with Crippen LogP contribution in [-0.4, -0.2) is 40.2 Å². The molecule has 0 spiro atoms. The lowest BCUT2D eigenvalue weighted by molar-refractivity contribution is -0.142. The number of ether oxygens (including phenoxy) is 2. The highest BCUT2D eigenvalue weighted by Crippen LogP contribution is 2.48. The minimum atomic E-state index is -0.723. The molecule has 1 saturated carbocycles. The fraction of sp³-hybridized carbons (Fsp3) is 0.486. The van der Waals surface area contributed by atoms with Crippen molar-refractivity contribution in [1.82, 2.24) is 9.88 Å². The molecule has 41 heavy (non-hydrogen) atoms. The molecule has 2 fully saturated rings. The number of carboxylic acids is 1. The molecule has 0 amide bonds. The predicted octanol–water partition coefficient (Wildman–Crippen LogP) is 7.41. The molecule has 3 aliphatic rings. The summed E-state index contributed by atoms with van der Waals surface area (Å²) in [5.74, 6) is 0.889. The number of methoxy groups -OCH3 is 1. The maximum Gasteiger partial charge on any atom is 0.306 e. The van der Waals surface area contributed by atoms with Crippen LogP contribution in [0.15, 0.2) is 54.7 Å². The maximum atomic E-state index is 11.9. The number of carboxylic acid groups (broad SMARTS) is 1. The highest BCUT2D eigenvalue weighted by Gasteiger charge is 2.39. The van der Waals surface area contributed by atoms with Crippen molar-refractivity contribution in [2.45, 2.75) is 89.9 Å². The molecule has 6 nitrogen and oxygen atoms in total. The van der Waals surface area contributed by atoms with Crippen molar-refractivity contribution in [2.24, 2.45) is 11.8 Å². The number of fused-ring (bicyclic) bond motifs is 1. The van der Waals surface area contributed by atoms with Gasteiger partial charge in [0.1, 0.15) is 11.9 Å². The van der Waals surface area contributed by atoms with Gasteiger partial charge in [-0.05, 0) is 110 Å². The average molecular weight is 555 g/mol. The number of aromatic nitrogens is 1. The molecule has 216 valence electrons. The van der Waals surface area contributed by atoms with Gasteiger partial charge >= 0.3 is 5.97 Å². The predicted molar refractivity (Wildman–Crippen MR) is 160 cm³/mol. The first-order chi connectivity index (χ1) is 19.8. The van der Waals surface area contributed by atoms with Gasteiger partial charge in [-0.15, -0.1) is 0 Å². The third-order valence-corrected chi connectivity index (χ3v) is 9.72. The Hall–Kier alpha value is -3.38. The van der Waals surface area contributed by atoms with Crippen LogP contribution in [0, 0.1) is 11.8 Å². The van der Waals surface area contributed by atoms with Gasteiger partial charge in [0.05, 0.1) is 13.0 Å². The number of benzene rings is 2. The van der Waals surface area contributed by atoms with Gasteiger partial charge < -0.3 is 14.6 Å². The standard InChI is InChI=1S/C35H42N2O4/c1-21-5-6-22(2)37(21)20-29-17-27(11-13-30(29)26-15-16-36-33(19-26)40-4)31-14-12-24-7-10-28(18-32(24)41-31)34(25-8-9-25)23(3)35(38)39/h7,10-11,13,15-19,21-23,25,31,34H,5-6,8-9,12,14,20H2,1-4H3,(H,38,39)/t21-,22-,23+,31+,34?/m1/s1. The van der Waals surface area contributed by atoms with Crippen molar-refractivity contribution >= 4 is 5.97 Å². The maximum absolute atomic E-state index is 11.9. The minimum absolute atomic E-state index is 0.0365. The van der Waals surface area contributed by atoms with Gasteiger partial charge in [0, 0.05) is 30.9 Å². The van der Waals surface area contributed by atoms with Gasteiger partial charge in [0.15, 0.2) is 0 Å². The van der Waals surface area contributed by atoms with E-state index in [2.05, 4.69) is 66.2 Å². The number of hydrogen-bond acceptors (Lipinski definition) is 5. The molecular formula is C35H42N2O4. The van der Waals surface area contributed by atoms with E-state index in [9.17, 15) is 9.90 Å². The van der Waals surface area contributed by atoms with E-state index in [1.807, 2.05) is 19.2 Å². The van der Waals surface area contributed by atoms with Gasteiger partial charge in [-0.2, -0.15) is 0 Å². The Morgan fingerprint density at radius 1 is 1.05 bits per heavy atom. The Balaban J connectivity index is 1.31. The van der Waals surface area contributed by atoms with E-state index in [-0.39, 0.29) is 12.0 Å². The third kappa shape index (κ3) is 5.72. The number of nitrogens with zero attached hydrogens (tertiary/aromatic N) is 2. The fourth-order valence-corrected chi connectivity index (χ4v) is 7.08. The molecule has 0 bridgehead atoms. The topological polar surface area (TPSA) is 71.9 Å². The van der Waals surface area contributed by atoms with Crippen LogP contribution < -0.4 is 9.47 Å². The molecule has 1 aromatic heterocycles. The summed E-state index contributed by atoms with van der Waals surface area (Å²) in [5.41, 5.74) is 7.11. The minimum Gasteiger partial charge on any atom is -0.485 e. The van der Waals surface area contributed by atoms with Crippen LogP contribution in [-0.2, 0) is 17.8 Å². The number of aryl methyl sites for hydroxylation is 1. The van der Waals surface area contributed by atoms with Crippen LogP contribution in [0.3, 0.4) is 0 Å². The highest BCUT2D eigenvalue weighted by molar-refractivity contribution is 5.71. The quantitative estimate of drug-likeness (QED) is 0.297. The lowest BCUT2D eigenvalue weighted by atomic mass is 9.82. The zero-order valence-electron chi connectivity index (χ0n) is 24.7. The molecule has 6 rings (SSSR count). The molecular weight excluding hydrogens is 512 g/mol. The molecule has 1 N–H and O–H groups in total. The monoisotopic (exact) mass is 554 g/mol. The summed E-state index contributed by atoms with van der Waals surface area (Å²) in [6.45, 7) is 7.40. The lowest BCUT2D eigenvalue weighted by Crippen LogP contribution is -2.32. The molecule has 1 aliphatic carbocycles. The number of rotatable bonds is 9. The molecule has 2 aromatic carbocycles. The van der Waals surface area contributed by atoms with Gasteiger partial charge in [0.25, 0.3) is 0 Å². The Kier molecular flexibility index (Phi) is 7.78. The smallest absolute Gasteiger partial charge is 0.306 e. The molecule has 3 aromatic rings. The Bertz CT molecular complexity index is 1410. The van der Waals surface area contributed by atoms with E-state index >= 15 is 0 Å². The molecule has 3 heterocycles. The second-order valence-corrected chi connectivity index (χ2v) is 12.5. The molecule has 1 saturated heterocycles. The van der Waals surface area contributed by atoms with Crippen molar-refractivity contribution in [2.75, 3.05) is 7.11 Å². The molecule has 2 aliphatic heterocycles. The SMILES string of the molecule is COc1cc(-c2ccc([C@@H]3CCc4ccc(C(C5CC5)[C@H](C)C(=O)O)cc4O3)cc2CN2[C@H](C)CC[C@H]2C)ccn1. The summed E-state index contributed by atoms with van der Waals surface area (Å²) in [4.78, 5) is 18.8. The summed E-state index contributed by atoms with van der Waals surface area (Å²) in [7, 11) is 1.66. The largest absolute Gasteiger partial charge is 0.485 e. The van der Waals surface area contributed by atoms with E-state index in [1.165, 1.54) is 35.1 Å². The van der Waals surface area contributed by atoms with Crippen LogP contribution in [0.1, 0.15) is 87.2 Å². The van der Waals surface area contributed by atoms with E-state index in [0.717, 1.165) is 49.1 Å². The van der Waals surface area contributed by atoms with Gasteiger partial charge in [0.2, 0.25) is 5.88 Å². The number of hydrogen-bond donors (Lipinski definition) is 1. The molecule has 5 atom stereocenters. The summed E-state index contributed by atoms with van der Waals surface area (Å²) in [5, 5.41) is 9.77. The van der Waals surface area contributed by atoms with E-state index < -0.39 is 11.9 Å². The lowest BCUT2D eigenvalue weighted by Gasteiger charge is -2.30. The normalized spacial score (nSPS) is 23.9.